The van der Waals surface area contributed by atoms with E-state index in [2.05, 4.69) is 110 Å². The van der Waals surface area contributed by atoms with Crippen LogP contribution in [0.2, 0.25) is 0 Å². The molecule has 0 saturated heterocycles. The monoisotopic (exact) mass is 470 g/mol. The highest BCUT2D eigenvalue weighted by molar-refractivity contribution is 5.90. The lowest BCUT2D eigenvalue weighted by Gasteiger charge is -2.15. The molecule has 178 valence electrons. The predicted molar refractivity (Wildman–Crippen MR) is 152 cm³/mol. The summed E-state index contributed by atoms with van der Waals surface area (Å²) in [6, 6.07) is 19.6. The molecule has 0 radical (unpaired) electrons. The Morgan fingerprint density at radius 1 is 0.556 bits per heavy atom. The molecule has 0 spiro atoms. The van der Waals surface area contributed by atoms with E-state index in [4.69, 9.17) is 9.97 Å². The molecule has 5 heterocycles. The predicted octanol–water partition coefficient (Wildman–Crippen LogP) is 8.01. The van der Waals surface area contributed by atoms with Crippen LogP contribution in [0.4, 0.5) is 0 Å². The van der Waals surface area contributed by atoms with Crippen LogP contribution in [-0.4, -0.2) is 19.9 Å². The molecule has 0 saturated carbocycles. The van der Waals surface area contributed by atoms with Gasteiger partial charge in [0.05, 0.1) is 22.8 Å². The van der Waals surface area contributed by atoms with Crippen molar-refractivity contribution in [3.05, 3.63) is 94.1 Å². The van der Waals surface area contributed by atoms with Gasteiger partial charge in [-0.25, -0.2) is 9.97 Å². The van der Waals surface area contributed by atoms with E-state index in [-0.39, 0.29) is 0 Å². The molecule has 0 fully saturated rings. The van der Waals surface area contributed by atoms with Gasteiger partial charge in [0.2, 0.25) is 0 Å². The summed E-state index contributed by atoms with van der Waals surface area (Å²) in [6.45, 7) is 6.73. The number of aromatic amines is 2. The van der Waals surface area contributed by atoms with Gasteiger partial charge < -0.3 is 9.97 Å². The Hall–Kier alpha value is -4.18. The van der Waals surface area contributed by atoms with Crippen molar-refractivity contribution in [2.24, 2.45) is 0 Å². The second-order valence-corrected chi connectivity index (χ2v) is 9.44. The van der Waals surface area contributed by atoms with Crippen molar-refractivity contribution in [3.63, 3.8) is 0 Å². The molecule has 2 aliphatic heterocycles. The molecule has 0 amide bonds. The first-order chi connectivity index (χ1) is 17.6. The quantitative estimate of drug-likeness (QED) is 0.274. The summed E-state index contributed by atoms with van der Waals surface area (Å²) in [5, 5.41) is 0. The number of benzene rings is 1. The summed E-state index contributed by atoms with van der Waals surface area (Å²) in [6.07, 6.45) is 11.3. The molecule has 4 nitrogen and oxygen atoms in total. The van der Waals surface area contributed by atoms with Gasteiger partial charge >= 0.3 is 0 Å². The van der Waals surface area contributed by atoms with Gasteiger partial charge in [-0.15, -0.1) is 0 Å². The van der Waals surface area contributed by atoms with E-state index >= 15 is 0 Å². The Kier molecular flexibility index (Phi) is 5.65. The van der Waals surface area contributed by atoms with Gasteiger partial charge in [-0.3, -0.25) is 0 Å². The molecule has 8 bridgehead atoms. The van der Waals surface area contributed by atoms with Crippen LogP contribution in [0, 0.1) is 0 Å². The molecule has 2 aliphatic rings. The van der Waals surface area contributed by atoms with Crippen molar-refractivity contribution in [2.45, 2.75) is 40.0 Å². The lowest BCUT2D eigenvalue weighted by atomic mass is 9.89. The second-order valence-electron chi connectivity index (χ2n) is 9.44. The Morgan fingerprint density at radius 3 is 1.61 bits per heavy atom. The van der Waals surface area contributed by atoms with Crippen molar-refractivity contribution >= 4 is 46.4 Å². The zero-order valence-corrected chi connectivity index (χ0v) is 21.0. The standard InChI is InChI=1S/C32H30N4/c1-4-20-13-21(5-2)32(22(6-3)14-20)30-18-29-17-27-10-9-25(34-27)15-23-7-8-24(33-23)16-26-11-12-28(35-26)19-31(30)36-29/h7-19,33,36H,4-6H2,1-3H3. The maximum atomic E-state index is 4.88. The number of fused-ring (bicyclic) bond motifs is 8. The van der Waals surface area contributed by atoms with Gasteiger partial charge in [0, 0.05) is 27.6 Å². The van der Waals surface area contributed by atoms with Crippen LogP contribution < -0.4 is 0 Å². The number of H-pyrrole nitrogens is 2. The van der Waals surface area contributed by atoms with Crippen LogP contribution in [0.25, 0.3) is 57.5 Å². The summed E-state index contributed by atoms with van der Waals surface area (Å²) in [5.74, 6) is 0. The molecule has 2 N–H and O–H groups in total. The molecular weight excluding hydrogens is 440 g/mol. The van der Waals surface area contributed by atoms with Gasteiger partial charge in [-0.2, -0.15) is 0 Å². The van der Waals surface area contributed by atoms with E-state index in [0.29, 0.717) is 0 Å². The minimum atomic E-state index is 0.936. The van der Waals surface area contributed by atoms with Crippen LogP contribution in [-0.2, 0) is 19.3 Å². The maximum absolute atomic E-state index is 4.88. The number of rotatable bonds is 4. The third-order valence-corrected chi connectivity index (χ3v) is 6.97. The zero-order valence-electron chi connectivity index (χ0n) is 21.0. The number of nitrogens with one attached hydrogen (secondary N) is 2. The fourth-order valence-corrected chi connectivity index (χ4v) is 5.17. The summed E-state index contributed by atoms with van der Waals surface area (Å²) in [5.41, 5.74) is 14.7. The van der Waals surface area contributed by atoms with Crippen molar-refractivity contribution in [3.8, 4) is 11.1 Å². The highest BCUT2D eigenvalue weighted by Gasteiger charge is 2.15. The van der Waals surface area contributed by atoms with Crippen LogP contribution in [0.15, 0.2) is 54.6 Å². The highest BCUT2D eigenvalue weighted by atomic mass is 14.8. The molecule has 4 heteroatoms. The zero-order chi connectivity index (χ0) is 24.6. The van der Waals surface area contributed by atoms with Gasteiger partial charge in [-0.05, 0) is 108 Å². The number of nitrogens with zero attached hydrogens (tertiary/aromatic N) is 2. The van der Waals surface area contributed by atoms with E-state index in [1.807, 2.05) is 0 Å². The van der Waals surface area contributed by atoms with Crippen molar-refractivity contribution in [1.29, 1.82) is 0 Å². The molecule has 0 unspecified atom stereocenters. The molecule has 36 heavy (non-hydrogen) atoms. The topological polar surface area (TPSA) is 57.4 Å². The van der Waals surface area contributed by atoms with Gasteiger partial charge in [-0.1, -0.05) is 32.9 Å². The first-order valence-corrected chi connectivity index (χ1v) is 12.8. The Bertz CT molecular complexity index is 1670. The smallest absolute Gasteiger partial charge is 0.0658 e. The van der Waals surface area contributed by atoms with E-state index in [0.717, 1.165) is 64.1 Å². The Balaban J connectivity index is 1.68. The summed E-state index contributed by atoms with van der Waals surface area (Å²) in [7, 11) is 0. The van der Waals surface area contributed by atoms with E-state index in [1.165, 1.54) is 27.8 Å². The number of aryl methyl sites for hydroxylation is 3. The van der Waals surface area contributed by atoms with Crippen molar-refractivity contribution in [1.82, 2.24) is 19.9 Å². The molecule has 0 atom stereocenters. The maximum Gasteiger partial charge on any atom is 0.0658 e. The molecule has 1 aromatic carbocycles. The molecule has 6 rings (SSSR count). The SMILES string of the molecule is CCc1cc(CC)c(-c2cc3cc4nc(cc5ccc(cc6nc(cc2[nH]3)C=C6)[nH]5)C=C4)c(CC)c1. The lowest BCUT2D eigenvalue weighted by molar-refractivity contribution is 1.05. The summed E-state index contributed by atoms with van der Waals surface area (Å²) in [4.78, 5) is 16.8. The first-order valence-electron chi connectivity index (χ1n) is 12.8. The van der Waals surface area contributed by atoms with Crippen LogP contribution >= 0.6 is 0 Å². The highest BCUT2D eigenvalue weighted by Crippen LogP contribution is 2.35. The van der Waals surface area contributed by atoms with Gasteiger partial charge in [0.1, 0.15) is 0 Å². The van der Waals surface area contributed by atoms with Crippen molar-refractivity contribution in [2.75, 3.05) is 0 Å². The molecule has 4 aromatic rings. The van der Waals surface area contributed by atoms with Crippen LogP contribution in [0.5, 0.6) is 0 Å². The average Bonchev–Trinajstić information content (AvgIpc) is 3.68. The van der Waals surface area contributed by atoms with Crippen molar-refractivity contribution < 1.29 is 0 Å². The van der Waals surface area contributed by atoms with Crippen LogP contribution in [0.3, 0.4) is 0 Å². The second kappa shape index (κ2) is 9.12. The van der Waals surface area contributed by atoms with E-state index < -0.39 is 0 Å². The molecule has 0 aliphatic carbocycles. The Morgan fingerprint density at radius 2 is 1.08 bits per heavy atom. The summed E-state index contributed by atoms with van der Waals surface area (Å²) < 4.78 is 0. The van der Waals surface area contributed by atoms with E-state index in [1.54, 1.807) is 0 Å². The fourth-order valence-electron chi connectivity index (χ4n) is 5.17. The fraction of sp³-hybridized carbons (Fsp3) is 0.188. The third kappa shape index (κ3) is 4.20. The number of aromatic nitrogens is 4. The number of hydrogen-bond acceptors (Lipinski definition) is 2. The average molecular weight is 471 g/mol. The molecule has 3 aromatic heterocycles. The largest absolute Gasteiger partial charge is 0.355 e. The third-order valence-electron chi connectivity index (χ3n) is 6.97. The Labute approximate surface area is 211 Å². The molecular formula is C32H30N4. The van der Waals surface area contributed by atoms with Gasteiger partial charge in [0.15, 0.2) is 0 Å². The minimum Gasteiger partial charge on any atom is -0.355 e. The minimum absolute atomic E-state index is 0.936. The van der Waals surface area contributed by atoms with Gasteiger partial charge in [0.25, 0.3) is 0 Å². The van der Waals surface area contributed by atoms with E-state index in [9.17, 15) is 0 Å². The number of hydrogen-bond donors (Lipinski definition) is 2. The normalized spacial score (nSPS) is 12.4. The summed E-state index contributed by atoms with van der Waals surface area (Å²) >= 11 is 0. The first kappa shape index (κ1) is 22.3. The van der Waals surface area contributed by atoms with Crippen LogP contribution in [0.1, 0.15) is 60.2 Å². The lowest BCUT2D eigenvalue weighted by Crippen LogP contribution is -1.97.